The highest BCUT2D eigenvalue weighted by Gasteiger charge is 2.40. The van der Waals surface area contributed by atoms with Crippen LogP contribution in [0.25, 0.3) is 0 Å². The van der Waals surface area contributed by atoms with E-state index < -0.39 is 6.10 Å². The van der Waals surface area contributed by atoms with E-state index in [2.05, 4.69) is 34.2 Å². The lowest BCUT2D eigenvalue weighted by Crippen LogP contribution is -2.27. The zero-order valence-electron chi connectivity index (χ0n) is 12.9. The first kappa shape index (κ1) is 15.8. The Hall–Kier alpha value is -1.04. The van der Waals surface area contributed by atoms with Gasteiger partial charge in [-0.3, -0.25) is 0 Å². The van der Waals surface area contributed by atoms with Gasteiger partial charge in [0.25, 0.3) is 0 Å². The number of fused-ring (bicyclic) bond motifs is 3. The van der Waals surface area contributed by atoms with Gasteiger partial charge in [0.1, 0.15) is 6.10 Å². The molecule has 0 amide bonds. The fraction of sp³-hybridized carbons (Fsp3) is 0.529. The Bertz CT molecular complexity index is 588. The second-order valence-electron chi connectivity index (χ2n) is 5.83. The number of benzene rings is 1. The minimum atomic E-state index is -0.424. The maximum absolute atomic E-state index is 9.84. The van der Waals surface area contributed by atoms with E-state index in [0.29, 0.717) is 6.42 Å². The summed E-state index contributed by atoms with van der Waals surface area (Å²) in [6, 6.07) is 1.97. The summed E-state index contributed by atoms with van der Waals surface area (Å²) >= 11 is 3.67. The molecule has 22 heavy (non-hydrogen) atoms. The summed E-state index contributed by atoms with van der Waals surface area (Å²) in [5.41, 5.74) is 2.40. The molecule has 2 aliphatic rings. The summed E-state index contributed by atoms with van der Waals surface area (Å²) in [7, 11) is 1.66. The second-order valence-corrected chi connectivity index (χ2v) is 6.68. The Morgan fingerprint density at radius 1 is 1.45 bits per heavy atom. The molecule has 4 nitrogen and oxygen atoms in total. The summed E-state index contributed by atoms with van der Waals surface area (Å²) < 4.78 is 12.6. The van der Waals surface area contributed by atoms with Gasteiger partial charge in [0.15, 0.2) is 11.5 Å². The van der Waals surface area contributed by atoms with Crippen molar-refractivity contribution >= 4 is 15.9 Å². The molecule has 0 bridgehead atoms. The molecular weight excluding hydrogens is 346 g/mol. The highest BCUT2D eigenvalue weighted by atomic mass is 79.9. The number of rotatable bonds is 5. The van der Waals surface area contributed by atoms with Crippen molar-refractivity contribution in [2.24, 2.45) is 0 Å². The lowest BCUT2D eigenvalue weighted by molar-refractivity contribution is 0.117. The maximum atomic E-state index is 9.84. The number of aliphatic hydroxyl groups is 1. The SMILES string of the molecule is CCCNCc1c(Br)cc(OC)c2c1C1C=C[C@H](O)C[C@H]1O2. The molecule has 0 aromatic heterocycles. The van der Waals surface area contributed by atoms with Crippen LogP contribution in [0.2, 0.25) is 0 Å². The molecule has 0 spiro atoms. The summed E-state index contributed by atoms with van der Waals surface area (Å²) in [5, 5.41) is 13.3. The number of hydrogen-bond acceptors (Lipinski definition) is 4. The van der Waals surface area contributed by atoms with Gasteiger partial charge < -0.3 is 19.9 Å². The molecule has 1 heterocycles. The summed E-state index contributed by atoms with van der Waals surface area (Å²) in [5.74, 6) is 1.76. The summed E-state index contributed by atoms with van der Waals surface area (Å²) in [4.78, 5) is 0. The number of aliphatic hydroxyl groups excluding tert-OH is 1. The van der Waals surface area contributed by atoms with E-state index in [1.165, 1.54) is 11.1 Å². The van der Waals surface area contributed by atoms with E-state index in [9.17, 15) is 5.11 Å². The van der Waals surface area contributed by atoms with Gasteiger partial charge in [-0.15, -0.1) is 0 Å². The second kappa shape index (κ2) is 6.60. The van der Waals surface area contributed by atoms with Crippen LogP contribution in [0.5, 0.6) is 11.5 Å². The summed E-state index contributed by atoms with van der Waals surface area (Å²) in [6.07, 6.45) is 5.23. The quantitative estimate of drug-likeness (QED) is 0.620. The van der Waals surface area contributed by atoms with Crippen molar-refractivity contribution in [3.8, 4) is 11.5 Å². The Morgan fingerprint density at radius 3 is 3.00 bits per heavy atom. The highest BCUT2D eigenvalue weighted by Crippen LogP contribution is 2.51. The van der Waals surface area contributed by atoms with Gasteiger partial charge in [-0.1, -0.05) is 35.0 Å². The normalized spacial score (nSPS) is 25.5. The molecule has 1 aromatic rings. The largest absolute Gasteiger partial charge is 0.493 e. The molecule has 0 radical (unpaired) electrons. The zero-order chi connectivity index (χ0) is 15.7. The van der Waals surface area contributed by atoms with Crippen molar-refractivity contribution in [3.63, 3.8) is 0 Å². The minimum Gasteiger partial charge on any atom is -0.493 e. The highest BCUT2D eigenvalue weighted by molar-refractivity contribution is 9.10. The van der Waals surface area contributed by atoms with E-state index in [1.807, 2.05) is 12.1 Å². The number of hydrogen-bond donors (Lipinski definition) is 2. The molecule has 1 aliphatic carbocycles. The van der Waals surface area contributed by atoms with Gasteiger partial charge in [0.2, 0.25) is 0 Å². The van der Waals surface area contributed by atoms with Crippen molar-refractivity contribution < 1.29 is 14.6 Å². The van der Waals surface area contributed by atoms with Crippen molar-refractivity contribution in [2.45, 2.75) is 44.4 Å². The molecule has 2 N–H and O–H groups in total. The van der Waals surface area contributed by atoms with Crippen molar-refractivity contribution in [3.05, 3.63) is 33.8 Å². The van der Waals surface area contributed by atoms with Crippen LogP contribution < -0.4 is 14.8 Å². The third-order valence-corrected chi connectivity index (χ3v) is 5.01. The van der Waals surface area contributed by atoms with Crippen molar-refractivity contribution in [1.29, 1.82) is 0 Å². The predicted molar refractivity (Wildman–Crippen MR) is 89.6 cm³/mol. The van der Waals surface area contributed by atoms with Crippen LogP contribution in [0.3, 0.4) is 0 Å². The first-order valence-electron chi connectivity index (χ1n) is 7.78. The molecule has 1 aromatic carbocycles. The van der Waals surface area contributed by atoms with Gasteiger partial charge >= 0.3 is 0 Å². The Kier molecular flexibility index (Phi) is 4.76. The maximum Gasteiger partial charge on any atom is 0.165 e. The van der Waals surface area contributed by atoms with E-state index in [1.54, 1.807) is 7.11 Å². The van der Waals surface area contributed by atoms with Gasteiger partial charge in [-0.2, -0.15) is 0 Å². The molecule has 0 fully saturated rings. The number of nitrogens with one attached hydrogen (secondary N) is 1. The van der Waals surface area contributed by atoms with Crippen molar-refractivity contribution in [1.82, 2.24) is 5.32 Å². The van der Waals surface area contributed by atoms with Crippen LogP contribution in [0.1, 0.15) is 36.8 Å². The van der Waals surface area contributed by atoms with E-state index in [0.717, 1.165) is 35.5 Å². The molecule has 3 rings (SSSR count). The number of methoxy groups -OCH3 is 1. The molecule has 1 aliphatic heterocycles. The molecule has 0 saturated heterocycles. The van der Waals surface area contributed by atoms with Crippen LogP contribution in [0.15, 0.2) is 22.7 Å². The first-order valence-corrected chi connectivity index (χ1v) is 8.58. The Labute approximate surface area is 139 Å². The van der Waals surface area contributed by atoms with Crippen molar-refractivity contribution in [2.75, 3.05) is 13.7 Å². The van der Waals surface area contributed by atoms with Crippen LogP contribution >= 0.6 is 15.9 Å². The monoisotopic (exact) mass is 367 g/mol. The first-order chi connectivity index (χ1) is 10.7. The van der Waals surface area contributed by atoms with Crippen LogP contribution in [0, 0.1) is 0 Å². The van der Waals surface area contributed by atoms with Crippen LogP contribution in [0.4, 0.5) is 0 Å². The van der Waals surface area contributed by atoms with Crippen LogP contribution in [-0.2, 0) is 6.54 Å². The third-order valence-electron chi connectivity index (χ3n) is 4.31. The van der Waals surface area contributed by atoms with Gasteiger partial charge in [0.05, 0.1) is 13.2 Å². The van der Waals surface area contributed by atoms with E-state index in [-0.39, 0.29) is 12.0 Å². The van der Waals surface area contributed by atoms with Crippen LogP contribution in [-0.4, -0.2) is 31.0 Å². The average Bonchev–Trinajstić information content (AvgIpc) is 2.87. The lowest BCUT2D eigenvalue weighted by Gasteiger charge is -2.23. The van der Waals surface area contributed by atoms with Gasteiger partial charge in [-0.05, 0) is 24.6 Å². The Balaban J connectivity index is 2.02. The molecule has 5 heteroatoms. The minimum absolute atomic E-state index is 0.0110. The topological polar surface area (TPSA) is 50.7 Å². The fourth-order valence-electron chi connectivity index (χ4n) is 3.25. The molecule has 1 unspecified atom stereocenters. The van der Waals surface area contributed by atoms with Gasteiger partial charge in [-0.25, -0.2) is 0 Å². The van der Waals surface area contributed by atoms with Gasteiger partial charge in [0, 0.05) is 28.9 Å². The van der Waals surface area contributed by atoms with E-state index >= 15 is 0 Å². The molecule has 120 valence electrons. The number of ether oxygens (including phenoxy) is 2. The molecule has 3 atom stereocenters. The molecule has 0 saturated carbocycles. The predicted octanol–water partition coefficient (Wildman–Crippen LogP) is 3.12. The third kappa shape index (κ3) is 2.77. The summed E-state index contributed by atoms with van der Waals surface area (Å²) in [6.45, 7) is 3.94. The van der Waals surface area contributed by atoms with E-state index in [4.69, 9.17) is 9.47 Å². The Morgan fingerprint density at radius 2 is 2.27 bits per heavy atom. The molecular formula is C17H22BrNO3. The fourth-order valence-corrected chi connectivity index (χ4v) is 3.81. The standard InChI is InChI=1S/C17H22BrNO3/c1-3-6-19-9-12-13(18)8-15(21-2)17-16(12)11-5-4-10(20)7-14(11)22-17/h4-5,8,10-11,14,19-20H,3,6-7,9H2,1-2H3/t10-,11?,14+/m0/s1. The average molecular weight is 368 g/mol. The lowest BCUT2D eigenvalue weighted by atomic mass is 9.85. The smallest absolute Gasteiger partial charge is 0.165 e. The number of halogens is 1. The zero-order valence-corrected chi connectivity index (χ0v) is 14.5.